The van der Waals surface area contributed by atoms with Crippen LogP contribution in [0.15, 0.2) is 47.6 Å². The molecule has 0 atom stereocenters. The van der Waals surface area contributed by atoms with Gasteiger partial charge in [0, 0.05) is 6.92 Å². The third-order valence-corrected chi connectivity index (χ3v) is 3.56. The molecule has 1 N–H and O–H groups in total. The molecule has 0 fully saturated rings. The summed E-state index contributed by atoms with van der Waals surface area (Å²) in [6.07, 6.45) is 1.69. The van der Waals surface area contributed by atoms with Gasteiger partial charge in [0.25, 0.3) is 0 Å². The molecule has 2 aromatic carbocycles. The Balaban J connectivity index is 2.20. The van der Waals surface area contributed by atoms with Crippen LogP contribution in [0, 0.1) is 3.57 Å². The van der Waals surface area contributed by atoms with Crippen LogP contribution in [-0.2, 0) is 4.79 Å². The highest BCUT2D eigenvalue weighted by atomic mass is 127. The Hall–Kier alpha value is -2.09. The van der Waals surface area contributed by atoms with Gasteiger partial charge in [-0.15, -0.1) is 0 Å². The van der Waals surface area contributed by atoms with Crippen molar-refractivity contribution >= 4 is 40.5 Å². The summed E-state index contributed by atoms with van der Waals surface area (Å²) in [7, 11) is 0. The molecular weight excluding hydrogens is 407 g/mol. The van der Waals surface area contributed by atoms with Crippen LogP contribution in [0.2, 0.25) is 0 Å². The first-order valence-electron chi connectivity index (χ1n) is 7.09. The van der Waals surface area contributed by atoms with Crippen LogP contribution in [0.25, 0.3) is 0 Å². The molecule has 0 heterocycles. The number of hydrogen-bond donors (Lipinski definition) is 1. The van der Waals surface area contributed by atoms with Crippen molar-refractivity contribution in [3.63, 3.8) is 0 Å². The summed E-state index contributed by atoms with van der Waals surface area (Å²) in [5, 5.41) is 4.20. The van der Waals surface area contributed by atoms with Crippen LogP contribution in [0.3, 0.4) is 0 Å². The van der Waals surface area contributed by atoms with E-state index >= 15 is 0 Å². The average Bonchev–Trinajstić information content (AvgIpc) is 2.52. The number of esters is 1. The third-order valence-electron chi connectivity index (χ3n) is 2.76. The number of hydrazone groups is 1. The maximum Gasteiger partial charge on any atom is 0.308 e. The molecule has 0 spiro atoms. The van der Waals surface area contributed by atoms with E-state index in [9.17, 15) is 4.79 Å². The first-order chi connectivity index (χ1) is 11.1. The lowest BCUT2D eigenvalue weighted by atomic mass is 10.2. The number of rotatable bonds is 6. The highest BCUT2D eigenvalue weighted by Gasteiger charge is 2.13. The van der Waals surface area contributed by atoms with Gasteiger partial charge in [-0.1, -0.05) is 18.2 Å². The maximum atomic E-state index is 11.2. The molecule has 6 heteroatoms. The average molecular weight is 424 g/mol. The molecular formula is C17H17IN2O3. The molecule has 0 aliphatic heterocycles. The molecule has 2 rings (SSSR count). The molecule has 2 aromatic rings. The topological polar surface area (TPSA) is 59.9 Å². The van der Waals surface area contributed by atoms with Crippen molar-refractivity contribution < 1.29 is 14.3 Å². The van der Waals surface area contributed by atoms with E-state index in [4.69, 9.17) is 9.47 Å². The van der Waals surface area contributed by atoms with Gasteiger partial charge >= 0.3 is 5.97 Å². The first kappa shape index (κ1) is 17.3. The van der Waals surface area contributed by atoms with E-state index in [0.29, 0.717) is 18.1 Å². The summed E-state index contributed by atoms with van der Waals surface area (Å²) < 4.78 is 11.6. The predicted molar refractivity (Wildman–Crippen MR) is 99.3 cm³/mol. The zero-order valence-electron chi connectivity index (χ0n) is 12.9. The minimum Gasteiger partial charge on any atom is -0.490 e. The standard InChI is InChI=1S/C17H17IN2O3/c1-3-22-16-10-13(9-15(18)17(16)23-12(2)21)11-19-20-14-7-5-4-6-8-14/h4-11,20H,3H2,1-2H3. The number of benzene rings is 2. The number of ether oxygens (including phenoxy) is 2. The fourth-order valence-electron chi connectivity index (χ4n) is 1.86. The van der Waals surface area contributed by atoms with Crippen molar-refractivity contribution in [2.45, 2.75) is 13.8 Å². The molecule has 0 aliphatic rings. The van der Waals surface area contributed by atoms with Gasteiger partial charge in [-0.2, -0.15) is 5.10 Å². The predicted octanol–water partition coefficient (Wildman–Crippen LogP) is 4.06. The molecule has 0 radical (unpaired) electrons. The van der Waals surface area contributed by atoms with Crippen molar-refractivity contribution in [2.24, 2.45) is 5.10 Å². The van der Waals surface area contributed by atoms with Gasteiger partial charge in [0.15, 0.2) is 11.5 Å². The summed E-state index contributed by atoms with van der Waals surface area (Å²) >= 11 is 2.11. The lowest BCUT2D eigenvalue weighted by Crippen LogP contribution is -2.06. The van der Waals surface area contributed by atoms with E-state index in [1.807, 2.05) is 43.3 Å². The smallest absolute Gasteiger partial charge is 0.308 e. The Morgan fingerprint density at radius 3 is 2.70 bits per heavy atom. The largest absolute Gasteiger partial charge is 0.490 e. The van der Waals surface area contributed by atoms with Crippen LogP contribution in [0.5, 0.6) is 11.5 Å². The maximum absolute atomic E-state index is 11.2. The second-order valence-electron chi connectivity index (χ2n) is 4.59. The summed E-state index contributed by atoms with van der Waals surface area (Å²) in [6.45, 7) is 3.72. The minimum atomic E-state index is -0.379. The van der Waals surface area contributed by atoms with Gasteiger partial charge in [0.2, 0.25) is 0 Å². The Bertz CT molecular complexity index is 702. The normalized spacial score (nSPS) is 10.6. The summed E-state index contributed by atoms with van der Waals surface area (Å²) in [5.74, 6) is 0.583. The number of nitrogens with zero attached hydrogens (tertiary/aromatic N) is 1. The Labute approximate surface area is 148 Å². The van der Waals surface area contributed by atoms with Crippen molar-refractivity contribution in [1.29, 1.82) is 0 Å². The Morgan fingerprint density at radius 1 is 1.30 bits per heavy atom. The van der Waals surface area contributed by atoms with Crippen molar-refractivity contribution in [2.75, 3.05) is 12.0 Å². The number of halogens is 1. The fourth-order valence-corrected chi connectivity index (χ4v) is 2.60. The molecule has 0 aromatic heterocycles. The second-order valence-corrected chi connectivity index (χ2v) is 5.75. The number of carbonyl (C=O) groups excluding carboxylic acids is 1. The lowest BCUT2D eigenvalue weighted by molar-refractivity contribution is -0.132. The van der Waals surface area contributed by atoms with E-state index in [0.717, 1.165) is 14.8 Å². The number of para-hydroxylation sites is 1. The van der Waals surface area contributed by atoms with Crippen LogP contribution in [-0.4, -0.2) is 18.8 Å². The van der Waals surface area contributed by atoms with Crippen molar-refractivity contribution in [3.05, 3.63) is 51.6 Å². The van der Waals surface area contributed by atoms with Crippen molar-refractivity contribution in [3.8, 4) is 11.5 Å². The summed E-state index contributed by atoms with van der Waals surface area (Å²) in [4.78, 5) is 11.2. The van der Waals surface area contributed by atoms with Crippen LogP contribution in [0.4, 0.5) is 5.69 Å². The van der Waals surface area contributed by atoms with E-state index in [-0.39, 0.29) is 5.97 Å². The quantitative estimate of drug-likeness (QED) is 0.250. The summed E-state index contributed by atoms with van der Waals surface area (Å²) in [6, 6.07) is 13.3. The van der Waals surface area contributed by atoms with Crippen LogP contribution >= 0.6 is 22.6 Å². The summed E-state index contributed by atoms with van der Waals surface area (Å²) in [5.41, 5.74) is 4.70. The highest BCUT2D eigenvalue weighted by Crippen LogP contribution is 2.34. The molecule has 5 nitrogen and oxygen atoms in total. The Kier molecular flexibility index (Phi) is 6.40. The van der Waals surface area contributed by atoms with Gasteiger partial charge < -0.3 is 9.47 Å². The second kappa shape index (κ2) is 8.52. The van der Waals surface area contributed by atoms with Crippen LogP contribution < -0.4 is 14.9 Å². The van der Waals surface area contributed by atoms with Gasteiger partial charge in [0.05, 0.1) is 22.1 Å². The molecule has 0 saturated heterocycles. The first-order valence-corrected chi connectivity index (χ1v) is 8.17. The number of anilines is 1. The van der Waals surface area contributed by atoms with Gasteiger partial charge in [-0.3, -0.25) is 10.2 Å². The fraction of sp³-hybridized carbons (Fsp3) is 0.176. The highest BCUT2D eigenvalue weighted by molar-refractivity contribution is 14.1. The molecule has 23 heavy (non-hydrogen) atoms. The molecule has 120 valence electrons. The Morgan fingerprint density at radius 2 is 2.04 bits per heavy atom. The number of hydrogen-bond acceptors (Lipinski definition) is 5. The van der Waals surface area contributed by atoms with E-state index < -0.39 is 0 Å². The lowest BCUT2D eigenvalue weighted by Gasteiger charge is -2.12. The van der Waals surface area contributed by atoms with Gasteiger partial charge in [0.1, 0.15) is 0 Å². The zero-order valence-corrected chi connectivity index (χ0v) is 15.0. The third kappa shape index (κ3) is 5.24. The van der Waals surface area contributed by atoms with E-state index in [2.05, 4.69) is 33.1 Å². The number of carbonyl (C=O) groups is 1. The SMILES string of the molecule is CCOc1cc(C=NNc2ccccc2)cc(I)c1OC(C)=O. The van der Waals surface area contributed by atoms with Gasteiger partial charge in [-0.25, -0.2) is 0 Å². The van der Waals surface area contributed by atoms with Crippen molar-refractivity contribution in [1.82, 2.24) is 0 Å². The molecule has 0 aliphatic carbocycles. The molecule has 0 bridgehead atoms. The van der Waals surface area contributed by atoms with Crippen LogP contribution in [0.1, 0.15) is 19.4 Å². The molecule has 0 saturated carbocycles. The zero-order chi connectivity index (χ0) is 16.7. The number of nitrogens with one attached hydrogen (secondary N) is 1. The molecule has 0 amide bonds. The monoisotopic (exact) mass is 424 g/mol. The van der Waals surface area contributed by atoms with E-state index in [1.165, 1.54) is 6.92 Å². The van der Waals surface area contributed by atoms with Gasteiger partial charge in [-0.05, 0) is 59.3 Å². The van der Waals surface area contributed by atoms with E-state index in [1.54, 1.807) is 12.3 Å². The molecule has 0 unspecified atom stereocenters. The minimum absolute atomic E-state index is 0.379.